The maximum absolute atomic E-state index is 14.0. The van der Waals surface area contributed by atoms with E-state index in [9.17, 15) is 22.4 Å². The molecule has 0 unspecified atom stereocenters. The van der Waals surface area contributed by atoms with Gasteiger partial charge in [0.2, 0.25) is 11.8 Å². The molecule has 3 rings (SSSR count). The average molecular weight is 584 g/mol. The van der Waals surface area contributed by atoms with Gasteiger partial charge in [-0.1, -0.05) is 36.8 Å². The van der Waals surface area contributed by atoms with Crippen LogP contribution in [0.2, 0.25) is 0 Å². The molecule has 8 nitrogen and oxygen atoms in total. The molecule has 3 aromatic rings. The number of nitrogens with one attached hydrogen (secondary N) is 1. The van der Waals surface area contributed by atoms with Gasteiger partial charge in [-0.2, -0.15) is 0 Å². The zero-order valence-electron chi connectivity index (χ0n) is 24.1. The minimum Gasteiger partial charge on any atom is -0.494 e. The van der Waals surface area contributed by atoms with Gasteiger partial charge in [0.15, 0.2) is 0 Å². The van der Waals surface area contributed by atoms with Gasteiger partial charge in [0, 0.05) is 12.6 Å². The van der Waals surface area contributed by atoms with Crippen LogP contribution in [0.15, 0.2) is 77.7 Å². The summed E-state index contributed by atoms with van der Waals surface area (Å²) >= 11 is 0. The number of anilines is 1. The summed E-state index contributed by atoms with van der Waals surface area (Å²) in [6.07, 6.45) is 0.714. The van der Waals surface area contributed by atoms with Gasteiger partial charge >= 0.3 is 0 Å². The third-order valence-corrected chi connectivity index (χ3v) is 8.55. The van der Waals surface area contributed by atoms with E-state index in [1.165, 1.54) is 4.90 Å². The highest BCUT2D eigenvalue weighted by Gasteiger charge is 2.32. The van der Waals surface area contributed by atoms with Crippen LogP contribution < -0.4 is 14.4 Å². The van der Waals surface area contributed by atoms with Crippen LogP contribution in [0.5, 0.6) is 5.75 Å². The Labute approximate surface area is 242 Å². The van der Waals surface area contributed by atoms with Crippen LogP contribution in [0.1, 0.15) is 45.2 Å². The first kappa shape index (κ1) is 31.6. The molecule has 0 saturated heterocycles. The molecule has 0 heterocycles. The zero-order chi connectivity index (χ0) is 30.2. The molecule has 1 N–H and O–H groups in total. The summed E-state index contributed by atoms with van der Waals surface area (Å²) < 4.78 is 47.7. The Morgan fingerprint density at radius 1 is 0.927 bits per heavy atom. The van der Waals surface area contributed by atoms with Crippen LogP contribution in [-0.2, 0) is 26.2 Å². The molecule has 0 aromatic heterocycles. The van der Waals surface area contributed by atoms with E-state index in [4.69, 9.17) is 4.74 Å². The Hall–Kier alpha value is -3.92. The maximum Gasteiger partial charge on any atom is 0.264 e. The van der Waals surface area contributed by atoms with Crippen LogP contribution in [0.3, 0.4) is 0 Å². The SMILES string of the molecule is CCOc1ccc(N(CC(=O)N(Cc2ccc(C)cc2)[C@@H](C)C(=O)N[C@H](C)CC)S(=O)(=O)c2ccc(F)cc2)cc1. The molecule has 0 fully saturated rings. The standard InChI is InChI=1S/C31H38FN3O5S/c1-6-23(4)33-31(37)24(5)34(20-25-10-8-22(3)9-11-25)30(36)21-35(27-14-16-28(17-15-27)40-7-2)41(38,39)29-18-12-26(32)13-19-29/h8-19,23-24H,6-7,20-21H2,1-5H3,(H,33,37)/t23-,24+/m1/s1. The smallest absolute Gasteiger partial charge is 0.264 e. The molecule has 0 aliphatic heterocycles. The quantitative estimate of drug-likeness (QED) is 0.304. The summed E-state index contributed by atoms with van der Waals surface area (Å²) in [7, 11) is -4.29. The third-order valence-electron chi connectivity index (χ3n) is 6.76. The lowest BCUT2D eigenvalue weighted by Gasteiger charge is -2.32. The summed E-state index contributed by atoms with van der Waals surface area (Å²) in [6.45, 7) is 9.17. The summed E-state index contributed by atoms with van der Waals surface area (Å²) in [6, 6.07) is 17.3. The van der Waals surface area contributed by atoms with E-state index in [0.717, 1.165) is 39.7 Å². The number of ether oxygens (including phenoxy) is 1. The van der Waals surface area contributed by atoms with Gasteiger partial charge in [-0.15, -0.1) is 0 Å². The number of nitrogens with zero attached hydrogens (tertiary/aromatic N) is 2. The van der Waals surface area contributed by atoms with E-state index >= 15 is 0 Å². The average Bonchev–Trinajstić information content (AvgIpc) is 2.95. The van der Waals surface area contributed by atoms with Crippen molar-refractivity contribution in [3.8, 4) is 5.75 Å². The van der Waals surface area contributed by atoms with Crippen molar-refractivity contribution < 1.29 is 27.1 Å². The fraction of sp³-hybridized carbons (Fsp3) is 0.355. The molecule has 220 valence electrons. The van der Waals surface area contributed by atoms with Crippen molar-refractivity contribution in [2.45, 2.75) is 64.6 Å². The lowest BCUT2D eigenvalue weighted by atomic mass is 10.1. The normalized spacial score (nSPS) is 12.7. The summed E-state index contributed by atoms with van der Waals surface area (Å²) in [5, 5.41) is 2.91. The second kappa shape index (κ2) is 14.1. The second-order valence-corrected chi connectivity index (χ2v) is 11.8. The molecule has 2 amide bonds. The fourth-order valence-corrected chi connectivity index (χ4v) is 5.49. The predicted octanol–water partition coefficient (Wildman–Crippen LogP) is 5.06. The number of carbonyl (C=O) groups is 2. The van der Waals surface area contributed by atoms with Crippen molar-refractivity contribution in [2.24, 2.45) is 0 Å². The minimum atomic E-state index is -4.29. The first-order valence-corrected chi connectivity index (χ1v) is 15.1. The number of hydrogen-bond donors (Lipinski definition) is 1. The van der Waals surface area contributed by atoms with Gasteiger partial charge < -0.3 is 15.0 Å². The van der Waals surface area contributed by atoms with E-state index in [1.807, 2.05) is 52.0 Å². The van der Waals surface area contributed by atoms with E-state index in [2.05, 4.69) is 5.32 Å². The van der Waals surface area contributed by atoms with Crippen molar-refractivity contribution in [2.75, 3.05) is 17.5 Å². The number of benzene rings is 3. The molecular weight excluding hydrogens is 545 g/mol. The van der Waals surface area contributed by atoms with Gasteiger partial charge in [-0.25, -0.2) is 12.8 Å². The van der Waals surface area contributed by atoms with E-state index < -0.39 is 34.3 Å². The largest absolute Gasteiger partial charge is 0.494 e. The Morgan fingerprint density at radius 2 is 1.54 bits per heavy atom. The van der Waals surface area contributed by atoms with E-state index in [-0.39, 0.29) is 29.1 Å². The van der Waals surface area contributed by atoms with E-state index in [1.54, 1.807) is 31.2 Å². The predicted molar refractivity (Wildman–Crippen MR) is 158 cm³/mol. The van der Waals surface area contributed by atoms with Crippen molar-refractivity contribution >= 4 is 27.5 Å². The summed E-state index contributed by atoms with van der Waals surface area (Å²) in [4.78, 5) is 28.3. The number of sulfonamides is 1. The molecule has 0 saturated carbocycles. The lowest BCUT2D eigenvalue weighted by molar-refractivity contribution is -0.139. The number of halogens is 1. The summed E-state index contributed by atoms with van der Waals surface area (Å²) in [5.41, 5.74) is 2.06. The van der Waals surface area contributed by atoms with Crippen LogP contribution >= 0.6 is 0 Å². The zero-order valence-corrected chi connectivity index (χ0v) is 24.9. The number of rotatable bonds is 13. The van der Waals surface area contributed by atoms with Gasteiger partial charge in [-0.05, 0) is 88.2 Å². The molecular formula is C31H38FN3O5S. The van der Waals surface area contributed by atoms with Crippen molar-refractivity contribution in [3.63, 3.8) is 0 Å². The number of carbonyl (C=O) groups excluding carboxylic acids is 2. The molecule has 0 radical (unpaired) electrons. The number of amides is 2. The van der Waals surface area contributed by atoms with Gasteiger partial charge in [0.05, 0.1) is 17.2 Å². The molecule has 0 bridgehead atoms. The topological polar surface area (TPSA) is 96.0 Å². The van der Waals surface area contributed by atoms with Crippen molar-refractivity contribution in [1.29, 1.82) is 0 Å². The van der Waals surface area contributed by atoms with Crippen molar-refractivity contribution in [3.05, 3.63) is 89.7 Å². The first-order chi connectivity index (χ1) is 19.5. The Kier molecular flexibility index (Phi) is 10.9. The highest BCUT2D eigenvalue weighted by Crippen LogP contribution is 2.27. The molecule has 0 aliphatic rings. The highest BCUT2D eigenvalue weighted by atomic mass is 32.2. The second-order valence-electron chi connectivity index (χ2n) is 9.89. The van der Waals surface area contributed by atoms with Crippen LogP contribution in [0.25, 0.3) is 0 Å². The van der Waals surface area contributed by atoms with Crippen molar-refractivity contribution in [1.82, 2.24) is 10.2 Å². The third kappa shape index (κ3) is 8.29. The molecule has 2 atom stereocenters. The number of hydrogen-bond acceptors (Lipinski definition) is 5. The fourth-order valence-electron chi connectivity index (χ4n) is 4.08. The molecule has 0 spiro atoms. The molecule has 0 aliphatic carbocycles. The Balaban J connectivity index is 2.02. The molecule has 41 heavy (non-hydrogen) atoms. The Bertz CT molecular complexity index is 1410. The van der Waals surface area contributed by atoms with Crippen LogP contribution in [-0.4, -0.2) is 50.4 Å². The van der Waals surface area contributed by atoms with Gasteiger partial charge in [-0.3, -0.25) is 13.9 Å². The van der Waals surface area contributed by atoms with Gasteiger partial charge in [0.25, 0.3) is 10.0 Å². The number of aryl methyl sites for hydroxylation is 1. The Morgan fingerprint density at radius 3 is 2.10 bits per heavy atom. The minimum absolute atomic E-state index is 0.0968. The lowest BCUT2D eigenvalue weighted by Crippen LogP contribution is -2.52. The maximum atomic E-state index is 14.0. The van der Waals surface area contributed by atoms with E-state index in [0.29, 0.717) is 18.8 Å². The molecule has 3 aromatic carbocycles. The van der Waals surface area contributed by atoms with Crippen LogP contribution in [0.4, 0.5) is 10.1 Å². The highest BCUT2D eigenvalue weighted by molar-refractivity contribution is 7.92. The monoisotopic (exact) mass is 583 g/mol. The van der Waals surface area contributed by atoms with Crippen LogP contribution in [0, 0.1) is 12.7 Å². The van der Waals surface area contributed by atoms with Gasteiger partial charge in [0.1, 0.15) is 24.2 Å². The summed E-state index contributed by atoms with van der Waals surface area (Å²) in [5.74, 6) is -0.957. The first-order valence-electron chi connectivity index (χ1n) is 13.6. The molecule has 10 heteroatoms.